The molecule has 0 atom stereocenters. The van der Waals surface area contributed by atoms with E-state index >= 15 is 0 Å². The number of carbonyl (C=O) groups excluding carboxylic acids is 2. The highest BCUT2D eigenvalue weighted by molar-refractivity contribution is 5.95. The summed E-state index contributed by atoms with van der Waals surface area (Å²) in [7, 11) is 0. The molecule has 23 heavy (non-hydrogen) atoms. The molecule has 0 bridgehead atoms. The second-order valence-corrected chi connectivity index (χ2v) is 5.06. The maximum absolute atomic E-state index is 12.0. The van der Waals surface area contributed by atoms with Crippen molar-refractivity contribution in [1.29, 1.82) is 0 Å². The third kappa shape index (κ3) is 5.47. The molecule has 0 fully saturated rings. The Bertz CT molecular complexity index is 656. The molecule has 5 nitrogen and oxygen atoms in total. The molecular weight excluding hydrogens is 292 g/mol. The minimum Gasteiger partial charge on any atom is -0.445 e. The molecule has 2 aromatic carbocycles. The molecule has 0 aliphatic carbocycles. The molecular formula is C18H20N2O3. The highest BCUT2D eigenvalue weighted by atomic mass is 16.5. The average molecular weight is 312 g/mol. The van der Waals surface area contributed by atoms with Crippen molar-refractivity contribution in [2.45, 2.75) is 13.5 Å². The van der Waals surface area contributed by atoms with Gasteiger partial charge in [0.15, 0.2) is 0 Å². The molecule has 0 radical (unpaired) electrons. The molecule has 0 aliphatic heterocycles. The summed E-state index contributed by atoms with van der Waals surface area (Å²) < 4.78 is 5.08. The number of hydrogen-bond donors (Lipinski definition) is 2. The summed E-state index contributed by atoms with van der Waals surface area (Å²) >= 11 is 0. The van der Waals surface area contributed by atoms with Gasteiger partial charge in [-0.15, -0.1) is 0 Å². The van der Waals surface area contributed by atoms with Crippen LogP contribution >= 0.6 is 0 Å². The Morgan fingerprint density at radius 2 is 1.57 bits per heavy atom. The van der Waals surface area contributed by atoms with Crippen LogP contribution in [0.15, 0.2) is 54.6 Å². The van der Waals surface area contributed by atoms with Gasteiger partial charge >= 0.3 is 6.09 Å². The van der Waals surface area contributed by atoms with Gasteiger partial charge in [-0.2, -0.15) is 0 Å². The smallest absolute Gasteiger partial charge is 0.407 e. The van der Waals surface area contributed by atoms with E-state index in [1.54, 1.807) is 6.07 Å². The van der Waals surface area contributed by atoms with Crippen molar-refractivity contribution >= 4 is 12.0 Å². The first kappa shape index (κ1) is 16.5. The molecule has 0 unspecified atom stereocenters. The fraction of sp³-hybridized carbons (Fsp3) is 0.222. The van der Waals surface area contributed by atoms with Crippen LogP contribution in [0.2, 0.25) is 0 Å². The van der Waals surface area contributed by atoms with Crippen LogP contribution in [-0.4, -0.2) is 25.1 Å². The van der Waals surface area contributed by atoms with Gasteiger partial charge in [0, 0.05) is 18.7 Å². The Morgan fingerprint density at radius 3 is 2.30 bits per heavy atom. The zero-order chi connectivity index (χ0) is 16.5. The number of aryl methyl sites for hydroxylation is 1. The topological polar surface area (TPSA) is 67.4 Å². The molecule has 2 aromatic rings. The maximum atomic E-state index is 12.0. The summed E-state index contributed by atoms with van der Waals surface area (Å²) in [5.74, 6) is -0.150. The summed E-state index contributed by atoms with van der Waals surface area (Å²) in [5, 5.41) is 5.36. The van der Waals surface area contributed by atoms with Gasteiger partial charge in [0.05, 0.1) is 0 Å². The van der Waals surface area contributed by atoms with Gasteiger partial charge in [-0.25, -0.2) is 4.79 Å². The van der Waals surface area contributed by atoms with Crippen LogP contribution in [-0.2, 0) is 11.3 Å². The van der Waals surface area contributed by atoms with Crippen LogP contribution in [0, 0.1) is 6.92 Å². The van der Waals surface area contributed by atoms with Crippen LogP contribution in [0.1, 0.15) is 21.5 Å². The van der Waals surface area contributed by atoms with Crippen LogP contribution in [0.5, 0.6) is 0 Å². The third-order valence-electron chi connectivity index (χ3n) is 3.28. The van der Waals surface area contributed by atoms with Crippen molar-refractivity contribution in [3.8, 4) is 0 Å². The Morgan fingerprint density at radius 1 is 0.913 bits per heavy atom. The minimum absolute atomic E-state index is 0.150. The predicted octanol–water partition coefficient (Wildman–Crippen LogP) is 2.65. The number of alkyl carbamates (subject to hydrolysis) is 1. The Balaban J connectivity index is 1.64. The van der Waals surface area contributed by atoms with Crippen LogP contribution in [0.3, 0.4) is 0 Å². The number of rotatable bonds is 6. The molecule has 0 aromatic heterocycles. The lowest BCUT2D eigenvalue weighted by atomic mass is 10.1. The van der Waals surface area contributed by atoms with E-state index in [2.05, 4.69) is 10.6 Å². The lowest BCUT2D eigenvalue weighted by Crippen LogP contribution is -2.35. The number of amides is 2. The molecule has 2 amide bonds. The van der Waals surface area contributed by atoms with Gasteiger partial charge in [0.2, 0.25) is 0 Å². The maximum Gasteiger partial charge on any atom is 0.407 e. The van der Waals surface area contributed by atoms with Gasteiger partial charge in [-0.1, -0.05) is 48.5 Å². The molecule has 120 valence electrons. The van der Waals surface area contributed by atoms with E-state index in [-0.39, 0.29) is 12.5 Å². The molecule has 0 saturated heterocycles. The molecule has 2 rings (SSSR count). The second-order valence-electron chi connectivity index (χ2n) is 5.06. The first-order valence-corrected chi connectivity index (χ1v) is 7.45. The van der Waals surface area contributed by atoms with E-state index in [9.17, 15) is 9.59 Å². The monoisotopic (exact) mass is 312 g/mol. The van der Waals surface area contributed by atoms with Crippen molar-refractivity contribution in [2.75, 3.05) is 13.1 Å². The number of nitrogens with one attached hydrogen (secondary N) is 2. The highest BCUT2D eigenvalue weighted by Crippen LogP contribution is 2.06. The van der Waals surface area contributed by atoms with Gasteiger partial charge in [-0.3, -0.25) is 4.79 Å². The van der Waals surface area contributed by atoms with Gasteiger partial charge < -0.3 is 15.4 Å². The molecule has 5 heteroatoms. The van der Waals surface area contributed by atoms with Crippen molar-refractivity contribution in [1.82, 2.24) is 10.6 Å². The van der Waals surface area contributed by atoms with Crippen LogP contribution < -0.4 is 10.6 Å². The SMILES string of the molecule is Cc1ccccc1C(=O)NCCNC(=O)OCc1ccccc1. The quantitative estimate of drug-likeness (QED) is 0.806. The first-order chi connectivity index (χ1) is 11.2. The Kier molecular flexibility index (Phi) is 6.17. The molecule has 0 heterocycles. The summed E-state index contributed by atoms with van der Waals surface area (Å²) in [4.78, 5) is 23.5. The Hall–Kier alpha value is -2.82. The van der Waals surface area contributed by atoms with E-state index in [4.69, 9.17) is 4.74 Å². The summed E-state index contributed by atoms with van der Waals surface area (Å²) in [6, 6.07) is 16.8. The zero-order valence-corrected chi connectivity index (χ0v) is 13.0. The summed E-state index contributed by atoms with van der Waals surface area (Å²) in [6.45, 7) is 2.76. The molecule has 0 spiro atoms. The lowest BCUT2D eigenvalue weighted by Gasteiger charge is -2.09. The fourth-order valence-corrected chi connectivity index (χ4v) is 2.04. The van der Waals surface area contributed by atoms with Crippen LogP contribution in [0.25, 0.3) is 0 Å². The minimum atomic E-state index is -0.501. The third-order valence-corrected chi connectivity index (χ3v) is 3.28. The van der Waals surface area contributed by atoms with Gasteiger partial charge in [0.25, 0.3) is 5.91 Å². The van der Waals surface area contributed by atoms with E-state index in [0.29, 0.717) is 18.7 Å². The average Bonchev–Trinajstić information content (AvgIpc) is 2.58. The Labute approximate surface area is 135 Å². The lowest BCUT2D eigenvalue weighted by molar-refractivity contribution is 0.0951. The van der Waals surface area contributed by atoms with E-state index in [1.807, 2.05) is 55.5 Å². The van der Waals surface area contributed by atoms with Gasteiger partial charge in [-0.05, 0) is 24.1 Å². The fourth-order valence-electron chi connectivity index (χ4n) is 2.04. The van der Waals surface area contributed by atoms with Crippen molar-refractivity contribution in [2.24, 2.45) is 0 Å². The normalized spacial score (nSPS) is 9.96. The van der Waals surface area contributed by atoms with Crippen molar-refractivity contribution in [3.63, 3.8) is 0 Å². The van der Waals surface area contributed by atoms with Gasteiger partial charge in [0.1, 0.15) is 6.61 Å². The van der Waals surface area contributed by atoms with E-state index in [0.717, 1.165) is 11.1 Å². The number of ether oxygens (including phenoxy) is 1. The number of benzene rings is 2. The standard InChI is InChI=1S/C18H20N2O3/c1-14-7-5-6-10-16(14)17(21)19-11-12-20-18(22)23-13-15-8-3-2-4-9-15/h2-10H,11-13H2,1H3,(H,19,21)(H,20,22). The number of hydrogen-bond acceptors (Lipinski definition) is 3. The van der Waals surface area contributed by atoms with Crippen molar-refractivity contribution in [3.05, 3.63) is 71.3 Å². The summed E-state index contributed by atoms with van der Waals surface area (Å²) in [5.41, 5.74) is 2.48. The van der Waals surface area contributed by atoms with E-state index in [1.165, 1.54) is 0 Å². The number of carbonyl (C=O) groups is 2. The largest absolute Gasteiger partial charge is 0.445 e. The molecule has 0 aliphatic rings. The van der Waals surface area contributed by atoms with Crippen LogP contribution in [0.4, 0.5) is 4.79 Å². The highest BCUT2D eigenvalue weighted by Gasteiger charge is 2.07. The summed E-state index contributed by atoms with van der Waals surface area (Å²) in [6.07, 6.45) is -0.501. The first-order valence-electron chi connectivity index (χ1n) is 7.45. The second kappa shape index (κ2) is 8.58. The molecule has 2 N–H and O–H groups in total. The predicted molar refractivity (Wildman–Crippen MR) is 88.1 cm³/mol. The zero-order valence-electron chi connectivity index (χ0n) is 13.0. The molecule has 0 saturated carbocycles. The van der Waals surface area contributed by atoms with Crippen molar-refractivity contribution < 1.29 is 14.3 Å². The van der Waals surface area contributed by atoms with E-state index < -0.39 is 6.09 Å².